The molecular formula is C22H25NO7. The normalized spacial score (nSPS) is 10.1. The maximum absolute atomic E-state index is 12.1. The Morgan fingerprint density at radius 1 is 0.933 bits per heavy atom. The fraction of sp³-hybridized carbons (Fsp3) is 0.318. The number of amides is 1. The second-order valence-electron chi connectivity index (χ2n) is 6.34. The summed E-state index contributed by atoms with van der Waals surface area (Å²) in [6.07, 6.45) is 0.431. The standard InChI is InChI=1S/C22H25NO7/c1-14(24)16-7-5-6-8-17(16)23-20(25)13-30-21(26)10-9-15-11-18(27-2)22(29-4)19(12-15)28-3/h5-8,11-12H,9-10,13H2,1-4H3,(H,23,25). The zero-order valence-corrected chi connectivity index (χ0v) is 17.4. The highest BCUT2D eigenvalue weighted by Gasteiger charge is 2.15. The summed E-state index contributed by atoms with van der Waals surface area (Å²) in [5, 5.41) is 2.58. The van der Waals surface area contributed by atoms with E-state index >= 15 is 0 Å². The van der Waals surface area contributed by atoms with Crippen molar-refractivity contribution in [2.24, 2.45) is 0 Å². The van der Waals surface area contributed by atoms with E-state index in [1.54, 1.807) is 36.4 Å². The molecule has 0 aliphatic carbocycles. The lowest BCUT2D eigenvalue weighted by atomic mass is 10.1. The molecule has 8 nitrogen and oxygen atoms in total. The SMILES string of the molecule is COc1cc(CCC(=O)OCC(=O)Nc2ccccc2C(C)=O)cc(OC)c1OC. The number of rotatable bonds is 10. The molecule has 1 amide bonds. The van der Waals surface area contributed by atoms with Crippen LogP contribution in [0.5, 0.6) is 17.2 Å². The molecule has 0 unspecified atom stereocenters. The van der Waals surface area contributed by atoms with Crippen molar-refractivity contribution in [3.8, 4) is 17.2 Å². The van der Waals surface area contributed by atoms with Gasteiger partial charge in [-0.1, -0.05) is 12.1 Å². The number of aryl methyl sites for hydroxylation is 1. The Kier molecular flexibility index (Phi) is 8.22. The number of esters is 1. The third kappa shape index (κ3) is 5.97. The molecule has 0 heterocycles. The molecule has 2 aromatic rings. The summed E-state index contributed by atoms with van der Waals surface area (Å²) in [7, 11) is 4.54. The highest BCUT2D eigenvalue weighted by atomic mass is 16.5. The number of hydrogen-bond donors (Lipinski definition) is 1. The smallest absolute Gasteiger partial charge is 0.306 e. The number of methoxy groups -OCH3 is 3. The van der Waals surface area contributed by atoms with E-state index in [1.807, 2.05) is 0 Å². The molecule has 2 rings (SSSR count). The van der Waals surface area contributed by atoms with E-state index in [0.29, 0.717) is 34.9 Å². The van der Waals surface area contributed by atoms with Gasteiger partial charge in [0.2, 0.25) is 5.75 Å². The van der Waals surface area contributed by atoms with Crippen LogP contribution in [0.4, 0.5) is 5.69 Å². The minimum atomic E-state index is -0.529. The Balaban J connectivity index is 1.90. The van der Waals surface area contributed by atoms with Crippen LogP contribution in [-0.2, 0) is 20.7 Å². The lowest BCUT2D eigenvalue weighted by Crippen LogP contribution is -2.22. The molecule has 0 saturated carbocycles. The first kappa shape index (κ1) is 22.7. The van der Waals surface area contributed by atoms with Crippen molar-refractivity contribution in [3.05, 3.63) is 47.5 Å². The molecule has 160 valence electrons. The first-order valence-electron chi connectivity index (χ1n) is 9.24. The van der Waals surface area contributed by atoms with E-state index < -0.39 is 18.5 Å². The number of Topliss-reactive ketones (excluding diaryl/α,β-unsaturated/α-hetero) is 1. The molecule has 0 fully saturated rings. The van der Waals surface area contributed by atoms with Gasteiger partial charge >= 0.3 is 5.97 Å². The van der Waals surface area contributed by atoms with Crippen LogP contribution in [0.3, 0.4) is 0 Å². The van der Waals surface area contributed by atoms with E-state index in [4.69, 9.17) is 18.9 Å². The van der Waals surface area contributed by atoms with Gasteiger partial charge < -0.3 is 24.3 Å². The van der Waals surface area contributed by atoms with Gasteiger partial charge in [-0.25, -0.2) is 0 Å². The lowest BCUT2D eigenvalue weighted by molar-refractivity contribution is -0.147. The number of para-hydroxylation sites is 1. The molecule has 1 N–H and O–H groups in total. The number of ether oxygens (including phenoxy) is 4. The van der Waals surface area contributed by atoms with Crippen LogP contribution in [0.15, 0.2) is 36.4 Å². The zero-order valence-electron chi connectivity index (χ0n) is 17.4. The molecule has 0 aliphatic rings. The van der Waals surface area contributed by atoms with Gasteiger partial charge in [0, 0.05) is 12.0 Å². The number of carbonyl (C=O) groups excluding carboxylic acids is 3. The largest absolute Gasteiger partial charge is 0.493 e. The van der Waals surface area contributed by atoms with Gasteiger partial charge in [-0.3, -0.25) is 14.4 Å². The summed E-state index contributed by atoms with van der Waals surface area (Å²) < 4.78 is 20.9. The van der Waals surface area contributed by atoms with Crippen LogP contribution in [-0.4, -0.2) is 45.6 Å². The molecular weight excluding hydrogens is 390 g/mol. The summed E-state index contributed by atoms with van der Waals surface area (Å²) >= 11 is 0. The third-order valence-corrected chi connectivity index (χ3v) is 4.29. The second kappa shape index (κ2) is 10.8. The third-order valence-electron chi connectivity index (χ3n) is 4.29. The summed E-state index contributed by atoms with van der Waals surface area (Å²) in [4.78, 5) is 35.7. The molecule has 0 saturated heterocycles. The van der Waals surface area contributed by atoms with Crippen molar-refractivity contribution in [3.63, 3.8) is 0 Å². The summed E-state index contributed by atoms with van der Waals surface area (Å²) in [6.45, 7) is 0.967. The van der Waals surface area contributed by atoms with Gasteiger partial charge in [-0.15, -0.1) is 0 Å². The Labute approximate surface area is 175 Å². The zero-order chi connectivity index (χ0) is 22.1. The van der Waals surface area contributed by atoms with E-state index in [9.17, 15) is 14.4 Å². The molecule has 0 radical (unpaired) electrons. The van der Waals surface area contributed by atoms with Crippen LogP contribution in [0.25, 0.3) is 0 Å². The van der Waals surface area contributed by atoms with E-state index in [2.05, 4.69) is 5.32 Å². The van der Waals surface area contributed by atoms with Crippen molar-refractivity contribution < 1.29 is 33.3 Å². The number of carbonyl (C=O) groups is 3. The Bertz CT molecular complexity index is 898. The summed E-state index contributed by atoms with van der Waals surface area (Å²) in [5.74, 6) is 0.220. The number of hydrogen-bond acceptors (Lipinski definition) is 7. The lowest BCUT2D eigenvalue weighted by Gasteiger charge is -2.14. The van der Waals surface area contributed by atoms with E-state index in [0.717, 1.165) is 5.56 Å². The highest BCUT2D eigenvalue weighted by molar-refractivity contribution is 6.04. The van der Waals surface area contributed by atoms with Crippen LogP contribution in [0.2, 0.25) is 0 Å². The van der Waals surface area contributed by atoms with Gasteiger partial charge in [0.25, 0.3) is 5.91 Å². The molecule has 30 heavy (non-hydrogen) atoms. The topological polar surface area (TPSA) is 100 Å². The van der Waals surface area contributed by atoms with Gasteiger partial charge in [0.15, 0.2) is 23.9 Å². The van der Waals surface area contributed by atoms with Crippen molar-refractivity contribution in [1.82, 2.24) is 0 Å². The van der Waals surface area contributed by atoms with Gasteiger partial charge in [0.1, 0.15) is 0 Å². The number of benzene rings is 2. The molecule has 0 spiro atoms. The van der Waals surface area contributed by atoms with Crippen LogP contribution in [0.1, 0.15) is 29.3 Å². The maximum Gasteiger partial charge on any atom is 0.306 e. The van der Waals surface area contributed by atoms with Crippen molar-refractivity contribution in [2.75, 3.05) is 33.3 Å². The molecule has 2 aromatic carbocycles. The molecule has 0 aromatic heterocycles. The minimum Gasteiger partial charge on any atom is -0.493 e. The van der Waals surface area contributed by atoms with Crippen molar-refractivity contribution >= 4 is 23.3 Å². The first-order valence-corrected chi connectivity index (χ1v) is 9.24. The quantitative estimate of drug-likeness (QED) is 0.470. The predicted octanol–water partition coefficient (Wildman–Crippen LogP) is 3.03. The van der Waals surface area contributed by atoms with Crippen LogP contribution < -0.4 is 19.5 Å². The molecule has 8 heteroatoms. The van der Waals surface area contributed by atoms with Gasteiger partial charge in [-0.2, -0.15) is 0 Å². The first-order chi connectivity index (χ1) is 14.4. The Morgan fingerprint density at radius 3 is 2.13 bits per heavy atom. The molecule has 0 aliphatic heterocycles. The number of anilines is 1. The average Bonchev–Trinajstić information content (AvgIpc) is 2.75. The second-order valence-corrected chi connectivity index (χ2v) is 6.34. The van der Waals surface area contributed by atoms with Gasteiger partial charge in [0.05, 0.1) is 27.0 Å². The summed E-state index contributed by atoms with van der Waals surface area (Å²) in [5.41, 5.74) is 1.56. The van der Waals surface area contributed by atoms with Crippen molar-refractivity contribution in [2.45, 2.75) is 19.8 Å². The Hall–Kier alpha value is -3.55. The molecule has 0 atom stereocenters. The van der Waals surface area contributed by atoms with Gasteiger partial charge in [-0.05, 0) is 43.2 Å². The van der Waals surface area contributed by atoms with Crippen LogP contribution in [0, 0.1) is 0 Å². The monoisotopic (exact) mass is 415 g/mol. The van der Waals surface area contributed by atoms with Crippen molar-refractivity contribution in [1.29, 1.82) is 0 Å². The molecule has 0 bridgehead atoms. The fourth-order valence-corrected chi connectivity index (χ4v) is 2.83. The highest BCUT2D eigenvalue weighted by Crippen LogP contribution is 2.38. The Morgan fingerprint density at radius 2 is 1.57 bits per heavy atom. The van der Waals surface area contributed by atoms with E-state index in [-0.39, 0.29) is 12.2 Å². The maximum atomic E-state index is 12.1. The fourth-order valence-electron chi connectivity index (χ4n) is 2.83. The average molecular weight is 415 g/mol. The summed E-state index contributed by atoms with van der Waals surface area (Å²) in [6, 6.07) is 10.1. The van der Waals surface area contributed by atoms with E-state index in [1.165, 1.54) is 28.3 Å². The van der Waals surface area contributed by atoms with Crippen LogP contribution >= 0.6 is 0 Å². The predicted molar refractivity (Wildman–Crippen MR) is 110 cm³/mol. The number of ketones is 1. The minimum absolute atomic E-state index is 0.0654. The number of nitrogens with one attached hydrogen (secondary N) is 1.